The lowest BCUT2D eigenvalue weighted by atomic mass is 10.1. The molecule has 24 heavy (non-hydrogen) atoms. The highest BCUT2D eigenvalue weighted by molar-refractivity contribution is 5.93. The first kappa shape index (κ1) is 19.4. The lowest BCUT2D eigenvalue weighted by molar-refractivity contribution is -0.140. The summed E-state index contributed by atoms with van der Waals surface area (Å²) in [5.74, 6) is -0.660. The summed E-state index contributed by atoms with van der Waals surface area (Å²) in [6.07, 6.45) is 3.71. The summed E-state index contributed by atoms with van der Waals surface area (Å²) in [6, 6.07) is 2.18. The molecule has 130 valence electrons. The van der Waals surface area contributed by atoms with E-state index in [4.69, 9.17) is 14.2 Å². The number of esters is 1. The van der Waals surface area contributed by atoms with Gasteiger partial charge in [0.2, 0.25) is 0 Å². The van der Waals surface area contributed by atoms with Crippen molar-refractivity contribution in [2.75, 3.05) is 26.9 Å². The van der Waals surface area contributed by atoms with Gasteiger partial charge in [0, 0.05) is 36.8 Å². The van der Waals surface area contributed by atoms with E-state index >= 15 is 0 Å². The lowest BCUT2D eigenvalue weighted by Crippen LogP contribution is -2.20. The first-order valence-electron chi connectivity index (χ1n) is 7.63. The Morgan fingerprint density at radius 3 is 2.54 bits per heavy atom. The Morgan fingerprint density at radius 1 is 1.29 bits per heavy atom. The number of nitrogens with zero attached hydrogens (tertiary/aromatic N) is 3. The molecule has 0 aliphatic heterocycles. The third-order valence-corrected chi connectivity index (χ3v) is 3.01. The van der Waals surface area contributed by atoms with Crippen molar-refractivity contribution < 1.29 is 19.0 Å². The van der Waals surface area contributed by atoms with Gasteiger partial charge in [-0.05, 0) is 13.3 Å². The molecule has 1 heterocycles. The van der Waals surface area contributed by atoms with Crippen LogP contribution in [0.15, 0.2) is 23.7 Å². The number of aromatic nitrogens is 2. The fraction of sp³-hybridized carbons (Fsp3) is 0.500. The Hall–Kier alpha value is -2.66. The van der Waals surface area contributed by atoms with Gasteiger partial charge in [-0.25, -0.2) is 14.8 Å². The molecular weight excluding hydrogens is 312 g/mol. The molecule has 0 unspecified atom stereocenters. The Bertz CT molecular complexity index is 593. The van der Waals surface area contributed by atoms with Gasteiger partial charge in [-0.3, -0.25) is 0 Å². The van der Waals surface area contributed by atoms with Crippen LogP contribution in [0.25, 0.3) is 0 Å². The zero-order valence-electron chi connectivity index (χ0n) is 14.2. The number of hydrogen-bond donors (Lipinski definition) is 1. The van der Waals surface area contributed by atoms with Crippen LogP contribution in [0.5, 0.6) is 6.01 Å². The van der Waals surface area contributed by atoms with Gasteiger partial charge in [0.05, 0.1) is 13.7 Å². The molecule has 0 radical (unpaired) electrons. The van der Waals surface area contributed by atoms with Crippen LogP contribution in [-0.2, 0) is 20.8 Å². The number of nitrogens with one attached hydrogen (secondary N) is 1. The number of hydrogen-bond acceptors (Lipinski definition) is 8. The Labute approximate surface area is 141 Å². The van der Waals surface area contributed by atoms with Crippen LogP contribution in [0, 0.1) is 11.3 Å². The van der Waals surface area contributed by atoms with Crippen molar-refractivity contribution in [1.82, 2.24) is 15.3 Å². The smallest absolute Gasteiger partial charge is 0.350 e. The van der Waals surface area contributed by atoms with Gasteiger partial charge in [-0.2, -0.15) is 5.26 Å². The molecule has 0 fully saturated rings. The van der Waals surface area contributed by atoms with Gasteiger partial charge in [-0.1, -0.05) is 6.92 Å². The maximum Gasteiger partial charge on any atom is 0.350 e. The van der Waals surface area contributed by atoms with Crippen molar-refractivity contribution in [2.45, 2.75) is 26.8 Å². The van der Waals surface area contributed by atoms with E-state index in [-0.39, 0.29) is 18.2 Å². The van der Waals surface area contributed by atoms with Crippen molar-refractivity contribution in [3.8, 4) is 12.1 Å². The summed E-state index contributed by atoms with van der Waals surface area (Å²) >= 11 is 0. The Kier molecular flexibility index (Phi) is 8.86. The first-order valence-corrected chi connectivity index (χ1v) is 7.63. The molecular formula is C16H22N4O4. The van der Waals surface area contributed by atoms with E-state index in [1.165, 1.54) is 7.11 Å². The summed E-state index contributed by atoms with van der Waals surface area (Å²) in [5, 5.41) is 12.3. The van der Waals surface area contributed by atoms with Gasteiger partial charge in [0.25, 0.3) is 0 Å². The minimum atomic E-state index is -0.660. The third kappa shape index (κ3) is 6.22. The van der Waals surface area contributed by atoms with Crippen molar-refractivity contribution in [3.05, 3.63) is 29.2 Å². The minimum Gasteiger partial charge on any atom is -0.467 e. The monoisotopic (exact) mass is 334 g/mol. The van der Waals surface area contributed by atoms with E-state index in [0.29, 0.717) is 31.9 Å². The van der Waals surface area contributed by atoms with E-state index in [1.807, 2.05) is 19.9 Å². The number of carbonyl (C=O) groups excluding carboxylic acids is 1. The molecule has 8 nitrogen and oxygen atoms in total. The Morgan fingerprint density at radius 2 is 2.00 bits per heavy atom. The number of carbonyl (C=O) groups is 1. The highest BCUT2D eigenvalue weighted by Crippen LogP contribution is 2.09. The van der Waals surface area contributed by atoms with Crippen LogP contribution in [0.3, 0.4) is 0 Å². The van der Waals surface area contributed by atoms with E-state index in [0.717, 1.165) is 5.56 Å². The summed E-state index contributed by atoms with van der Waals surface area (Å²) in [7, 11) is 1.49. The van der Waals surface area contributed by atoms with Crippen LogP contribution >= 0.6 is 0 Å². The van der Waals surface area contributed by atoms with Crippen molar-refractivity contribution in [3.63, 3.8) is 0 Å². The second-order valence-corrected chi connectivity index (χ2v) is 4.58. The normalized spacial score (nSPS) is 11.2. The minimum absolute atomic E-state index is 0.0385. The number of ether oxygens (including phenoxy) is 3. The molecule has 1 N–H and O–H groups in total. The van der Waals surface area contributed by atoms with Crippen LogP contribution < -0.4 is 10.1 Å². The van der Waals surface area contributed by atoms with Gasteiger partial charge in [0.15, 0.2) is 5.57 Å². The predicted molar refractivity (Wildman–Crippen MR) is 85.8 cm³/mol. The highest BCUT2D eigenvalue weighted by Gasteiger charge is 2.16. The second-order valence-electron chi connectivity index (χ2n) is 4.58. The number of nitriles is 1. The standard InChI is InChI=1S/C16H22N4O4/c1-4-14(13(8-17)15(21)24-7-6-23-5-2)18-9-12-10-19-16(22-3)20-11-12/h10-11,18H,4-7,9H2,1-3H3/b14-13-. The largest absolute Gasteiger partial charge is 0.467 e. The van der Waals surface area contributed by atoms with Crippen LogP contribution in [0.1, 0.15) is 25.8 Å². The maximum atomic E-state index is 12.0. The van der Waals surface area contributed by atoms with Crippen LogP contribution in [-0.4, -0.2) is 42.9 Å². The molecule has 0 atom stereocenters. The zero-order valence-corrected chi connectivity index (χ0v) is 14.2. The molecule has 1 aromatic rings. The van der Waals surface area contributed by atoms with E-state index in [2.05, 4.69) is 15.3 Å². The van der Waals surface area contributed by atoms with Crippen LogP contribution in [0.2, 0.25) is 0 Å². The van der Waals surface area contributed by atoms with E-state index in [1.54, 1.807) is 12.4 Å². The Balaban J connectivity index is 2.69. The quantitative estimate of drug-likeness (QED) is 0.296. The average molecular weight is 334 g/mol. The number of allylic oxidation sites excluding steroid dienone is 1. The third-order valence-electron chi connectivity index (χ3n) is 3.01. The van der Waals surface area contributed by atoms with Crippen molar-refractivity contribution >= 4 is 5.97 Å². The number of rotatable bonds is 10. The summed E-state index contributed by atoms with van der Waals surface area (Å²) in [5.41, 5.74) is 1.27. The van der Waals surface area contributed by atoms with Gasteiger partial charge < -0.3 is 19.5 Å². The predicted octanol–water partition coefficient (Wildman–Crippen LogP) is 1.34. The average Bonchev–Trinajstić information content (AvgIpc) is 2.62. The molecule has 0 saturated heterocycles. The maximum absolute atomic E-state index is 12.0. The topological polar surface area (TPSA) is 106 Å². The summed E-state index contributed by atoms with van der Waals surface area (Å²) in [6.45, 7) is 5.04. The molecule has 0 spiro atoms. The van der Waals surface area contributed by atoms with Gasteiger partial charge >= 0.3 is 12.0 Å². The summed E-state index contributed by atoms with van der Waals surface area (Å²) < 4.78 is 15.0. The number of methoxy groups -OCH3 is 1. The SMILES string of the molecule is CCOCCOC(=O)/C(C#N)=C(/CC)NCc1cnc(OC)nc1. The lowest BCUT2D eigenvalue weighted by Gasteiger charge is -2.12. The molecule has 0 amide bonds. The molecule has 0 aromatic carbocycles. The van der Waals surface area contributed by atoms with Gasteiger partial charge in [0.1, 0.15) is 12.7 Å². The molecule has 0 aliphatic rings. The van der Waals surface area contributed by atoms with Gasteiger partial charge in [-0.15, -0.1) is 0 Å². The highest BCUT2D eigenvalue weighted by atomic mass is 16.6. The fourth-order valence-corrected chi connectivity index (χ4v) is 1.78. The van der Waals surface area contributed by atoms with Crippen molar-refractivity contribution in [2.24, 2.45) is 0 Å². The first-order chi connectivity index (χ1) is 11.7. The van der Waals surface area contributed by atoms with E-state index < -0.39 is 5.97 Å². The second kappa shape index (κ2) is 11.0. The van der Waals surface area contributed by atoms with Crippen LogP contribution in [0.4, 0.5) is 0 Å². The fourth-order valence-electron chi connectivity index (χ4n) is 1.78. The van der Waals surface area contributed by atoms with E-state index in [9.17, 15) is 10.1 Å². The molecule has 0 bridgehead atoms. The zero-order chi connectivity index (χ0) is 17.8. The van der Waals surface area contributed by atoms with Crippen molar-refractivity contribution in [1.29, 1.82) is 5.26 Å². The molecule has 8 heteroatoms. The molecule has 0 aliphatic carbocycles. The summed E-state index contributed by atoms with van der Waals surface area (Å²) in [4.78, 5) is 20.0. The molecule has 1 aromatic heterocycles. The molecule has 1 rings (SSSR count). The molecule has 0 saturated carbocycles.